The molecule has 0 bridgehead atoms. The van der Waals surface area contributed by atoms with Crippen molar-refractivity contribution in [2.24, 2.45) is 0 Å². The second kappa shape index (κ2) is 6.23. The van der Waals surface area contributed by atoms with Crippen molar-refractivity contribution in [3.8, 4) is 5.69 Å². The summed E-state index contributed by atoms with van der Waals surface area (Å²) in [6, 6.07) is 1.68. The molecule has 2 aromatic rings. The highest BCUT2D eigenvalue weighted by molar-refractivity contribution is 6.37. The molecule has 8 heteroatoms. The molecule has 0 aliphatic heterocycles. The predicted molar refractivity (Wildman–Crippen MR) is 75.0 cm³/mol. The first-order chi connectivity index (χ1) is 9.84. The van der Waals surface area contributed by atoms with Gasteiger partial charge in [-0.25, -0.2) is 4.68 Å². The average Bonchev–Trinajstić information content (AvgIpc) is 2.82. The van der Waals surface area contributed by atoms with Crippen LogP contribution in [0.15, 0.2) is 18.3 Å². The Balaban J connectivity index is 2.48. The Morgan fingerprint density at radius 1 is 1.19 bits per heavy atom. The molecular formula is C13H12Cl2F3N3. The van der Waals surface area contributed by atoms with E-state index >= 15 is 0 Å². The largest absolute Gasteiger partial charge is 0.416 e. The van der Waals surface area contributed by atoms with Crippen LogP contribution in [0.1, 0.15) is 31.0 Å². The summed E-state index contributed by atoms with van der Waals surface area (Å²) in [4.78, 5) is 0. The van der Waals surface area contributed by atoms with E-state index in [1.807, 2.05) is 6.92 Å². The van der Waals surface area contributed by atoms with Gasteiger partial charge in [0.05, 0.1) is 27.5 Å². The number of aryl methyl sites for hydroxylation is 1. The van der Waals surface area contributed by atoms with Gasteiger partial charge in [-0.05, 0) is 25.0 Å². The second-order valence-electron chi connectivity index (χ2n) is 4.53. The normalized spacial score (nSPS) is 11.9. The van der Waals surface area contributed by atoms with Crippen LogP contribution in [0.5, 0.6) is 0 Å². The van der Waals surface area contributed by atoms with Crippen molar-refractivity contribution in [3.63, 3.8) is 0 Å². The molecule has 1 aromatic heterocycles. The minimum atomic E-state index is -4.50. The molecule has 0 N–H and O–H groups in total. The lowest BCUT2D eigenvalue weighted by Gasteiger charge is -2.13. The van der Waals surface area contributed by atoms with Gasteiger partial charge in [0.15, 0.2) is 0 Å². The Labute approximate surface area is 129 Å². The molecule has 0 radical (unpaired) electrons. The molecular weight excluding hydrogens is 326 g/mol. The van der Waals surface area contributed by atoms with Gasteiger partial charge < -0.3 is 0 Å². The van der Waals surface area contributed by atoms with Gasteiger partial charge in [0, 0.05) is 0 Å². The number of hydrogen-bond donors (Lipinski definition) is 0. The van der Waals surface area contributed by atoms with E-state index in [9.17, 15) is 13.2 Å². The van der Waals surface area contributed by atoms with E-state index in [0.29, 0.717) is 6.42 Å². The molecule has 0 aliphatic rings. The van der Waals surface area contributed by atoms with Crippen molar-refractivity contribution in [3.05, 3.63) is 39.6 Å². The van der Waals surface area contributed by atoms with Gasteiger partial charge in [0.2, 0.25) is 0 Å². The molecule has 0 amide bonds. The first-order valence-electron chi connectivity index (χ1n) is 6.30. The molecule has 0 aliphatic carbocycles. The summed E-state index contributed by atoms with van der Waals surface area (Å²) in [6.45, 7) is 2.03. The van der Waals surface area contributed by atoms with E-state index in [0.717, 1.165) is 30.7 Å². The van der Waals surface area contributed by atoms with Crippen molar-refractivity contribution in [2.45, 2.75) is 32.4 Å². The summed E-state index contributed by atoms with van der Waals surface area (Å²) in [5.41, 5.74) is 0.0758. The van der Waals surface area contributed by atoms with Crippen LogP contribution in [0, 0.1) is 0 Å². The maximum Gasteiger partial charge on any atom is 0.416 e. The summed E-state index contributed by atoms with van der Waals surface area (Å²) in [6.07, 6.45) is -0.376. The van der Waals surface area contributed by atoms with Crippen LogP contribution in [0.3, 0.4) is 0 Å². The minimum Gasteiger partial charge on any atom is -0.215 e. The predicted octanol–water partition coefficient (Wildman–Crippen LogP) is 4.94. The van der Waals surface area contributed by atoms with E-state index in [1.54, 1.807) is 6.20 Å². The molecule has 2 rings (SSSR count). The Morgan fingerprint density at radius 2 is 1.81 bits per heavy atom. The van der Waals surface area contributed by atoms with Crippen molar-refractivity contribution in [1.29, 1.82) is 0 Å². The lowest BCUT2D eigenvalue weighted by Crippen LogP contribution is -2.08. The number of unbranched alkanes of at least 4 members (excludes halogenated alkanes) is 1. The molecule has 0 saturated heterocycles. The Morgan fingerprint density at radius 3 is 2.33 bits per heavy atom. The van der Waals surface area contributed by atoms with Gasteiger partial charge in [-0.15, -0.1) is 5.10 Å². The fourth-order valence-corrected chi connectivity index (χ4v) is 2.55. The van der Waals surface area contributed by atoms with Gasteiger partial charge in [-0.1, -0.05) is 41.8 Å². The Hall–Kier alpha value is -1.27. The number of alkyl halides is 3. The molecule has 3 nitrogen and oxygen atoms in total. The van der Waals surface area contributed by atoms with Gasteiger partial charge in [-0.3, -0.25) is 0 Å². The van der Waals surface area contributed by atoms with Crippen molar-refractivity contribution >= 4 is 23.2 Å². The Bertz CT molecular complexity index is 615. The zero-order valence-corrected chi connectivity index (χ0v) is 12.6. The standard InChI is InChI=1S/C13H12Cl2F3N3/c1-2-3-4-9-7-19-20-21(9)12-10(14)5-8(6-11(12)15)13(16,17)18/h5-7H,2-4H2,1H3. The maximum absolute atomic E-state index is 12.7. The fourth-order valence-electron chi connectivity index (χ4n) is 1.90. The van der Waals surface area contributed by atoms with Crippen LogP contribution >= 0.6 is 23.2 Å². The summed E-state index contributed by atoms with van der Waals surface area (Å²) in [7, 11) is 0. The average molecular weight is 338 g/mol. The van der Waals surface area contributed by atoms with E-state index < -0.39 is 11.7 Å². The highest BCUT2D eigenvalue weighted by atomic mass is 35.5. The van der Waals surface area contributed by atoms with Crippen LogP contribution in [0.2, 0.25) is 10.0 Å². The second-order valence-corrected chi connectivity index (χ2v) is 5.34. The molecule has 0 atom stereocenters. The Kier molecular flexibility index (Phi) is 4.78. The van der Waals surface area contributed by atoms with Crippen LogP contribution < -0.4 is 0 Å². The first kappa shape index (κ1) is 16.1. The number of benzene rings is 1. The highest BCUT2D eigenvalue weighted by Crippen LogP contribution is 2.37. The molecule has 1 heterocycles. The minimum absolute atomic E-state index is 0.113. The number of rotatable bonds is 4. The zero-order valence-electron chi connectivity index (χ0n) is 11.1. The summed E-state index contributed by atoms with van der Waals surface area (Å²) < 4.78 is 39.5. The number of hydrogen-bond acceptors (Lipinski definition) is 2. The van der Waals surface area contributed by atoms with E-state index in [2.05, 4.69) is 10.3 Å². The molecule has 1 aromatic carbocycles. The van der Waals surface area contributed by atoms with Gasteiger partial charge >= 0.3 is 6.18 Å². The smallest absolute Gasteiger partial charge is 0.215 e. The summed E-state index contributed by atoms with van der Waals surface area (Å²) >= 11 is 11.9. The summed E-state index contributed by atoms with van der Waals surface area (Å²) in [5.74, 6) is 0. The summed E-state index contributed by atoms with van der Waals surface area (Å²) in [5, 5.41) is 7.42. The highest BCUT2D eigenvalue weighted by Gasteiger charge is 2.32. The lowest BCUT2D eigenvalue weighted by atomic mass is 10.1. The fraction of sp³-hybridized carbons (Fsp3) is 0.385. The third-order valence-electron chi connectivity index (χ3n) is 2.96. The van der Waals surface area contributed by atoms with Gasteiger partial charge in [0.1, 0.15) is 5.69 Å². The third-order valence-corrected chi connectivity index (χ3v) is 3.54. The van der Waals surface area contributed by atoms with Gasteiger partial charge in [-0.2, -0.15) is 13.2 Å². The molecule has 0 spiro atoms. The van der Waals surface area contributed by atoms with Crippen molar-refractivity contribution < 1.29 is 13.2 Å². The van der Waals surface area contributed by atoms with Crippen LogP contribution in [0.25, 0.3) is 5.69 Å². The molecule has 21 heavy (non-hydrogen) atoms. The third kappa shape index (κ3) is 3.49. The van der Waals surface area contributed by atoms with E-state index in [4.69, 9.17) is 23.2 Å². The van der Waals surface area contributed by atoms with Crippen LogP contribution in [0.4, 0.5) is 13.2 Å². The topological polar surface area (TPSA) is 30.7 Å². The lowest BCUT2D eigenvalue weighted by molar-refractivity contribution is -0.137. The maximum atomic E-state index is 12.7. The van der Waals surface area contributed by atoms with E-state index in [-0.39, 0.29) is 15.7 Å². The van der Waals surface area contributed by atoms with Gasteiger partial charge in [0.25, 0.3) is 0 Å². The molecule has 0 saturated carbocycles. The molecule has 0 unspecified atom stereocenters. The first-order valence-corrected chi connectivity index (χ1v) is 7.06. The molecule has 0 fully saturated rings. The number of halogens is 5. The van der Waals surface area contributed by atoms with Crippen LogP contribution in [-0.4, -0.2) is 15.0 Å². The van der Waals surface area contributed by atoms with E-state index in [1.165, 1.54) is 4.68 Å². The SMILES string of the molecule is CCCCc1cnnn1-c1c(Cl)cc(C(F)(F)F)cc1Cl. The van der Waals surface area contributed by atoms with Crippen molar-refractivity contribution in [1.82, 2.24) is 15.0 Å². The quantitative estimate of drug-likeness (QED) is 0.791. The zero-order chi connectivity index (χ0) is 15.6. The van der Waals surface area contributed by atoms with Crippen molar-refractivity contribution in [2.75, 3.05) is 0 Å². The van der Waals surface area contributed by atoms with Crippen LogP contribution in [-0.2, 0) is 12.6 Å². The number of aromatic nitrogens is 3. The molecule has 114 valence electrons. The number of nitrogens with zero attached hydrogens (tertiary/aromatic N) is 3. The monoisotopic (exact) mass is 337 g/mol.